The van der Waals surface area contributed by atoms with Gasteiger partial charge in [-0.1, -0.05) is 18.2 Å². The number of methoxy groups -OCH3 is 1. The molecule has 0 unspecified atom stereocenters. The molecule has 1 N–H and O–H groups in total. The van der Waals surface area contributed by atoms with Gasteiger partial charge in [0, 0.05) is 11.1 Å². The molecule has 0 saturated carbocycles. The van der Waals surface area contributed by atoms with E-state index in [9.17, 15) is 14.7 Å². The molecular formula is C16H14O4. The molecule has 4 heteroatoms. The fraction of sp³-hybridized carbons (Fsp3) is 0.125. The van der Waals surface area contributed by atoms with Crippen molar-refractivity contribution in [1.29, 1.82) is 0 Å². The predicted octanol–water partition coefficient (Wildman–Crippen LogP) is 2.93. The van der Waals surface area contributed by atoms with E-state index in [-0.39, 0.29) is 16.9 Å². The van der Waals surface area contributed by atoms with Gasteiger partial charge in [0.2, 0.25) is 0 Å². The third-order valence-electron chi connectivity index (χ3n) is 3.08. The Balaban J connectivity index is 2.47. The smallest absolute Gasteiger partial charge is 0.336 e. The van der Waals surface area contributed by atoms with E-state index >= 15 is 0 Å². The first-order valence-corrected chi connectivity index (χ1v) is 6.06. The van der Waals surface area contributed by atoms with Gasteiger partial charge in [-0.3, -0.25) is 4.79 Å². The zero-order chi connectivity index (χ0) is 14.7. The van der Waals surface area contributed by atoms with Gasteiger partial charge in [0.15, 0.2) is 5.78 Å². The molecule has 0 radical (unpaired) electrons. The predicted molar refractivity (Wildman–Crippen MR) is 74.6 cm³/mol. The summed E-state index contributed by atoms with van der Waals surface area (Å²) >= 11 is 0. The van der Waals surface area contributed by atoms with E-state index in [2.05, 4.69) is 0 Å². The van der Waals surface area contributed by atoms with Crippen molar-refractivity contribution in [2.45, 2.75) is 6.92 Å². The lowest BCUT2D eigenvalue weighted by atomic mass is 9.95. The molecule has 0 heterocycles. The number of hydrogen-bond donors (Lipinski definition) is 1. The van der Waals surface area contributed by atoms with Gasteiger partial charge >= 0.3 is 5.97 Å². The topological polar surface area (TPSA) is 63.6 Å². The lowest BCUT2D eigenvalue weighted by Gasteiger charge is -2.08. The summed E-state index contributed by atoms with van der Waals surface area (Å²) in [5.74, 6) is -0.766. The van der Waals surface area contributed by atoms with Crippen molar-refractivity contribution in [3.63, 3.8) is 0 Å². The van der Waals surface area contributed by atoms with Gasteiger partial charge in [-0.25, -0.2) is 4.79 Å². The summed E-state index contributed by atoms with van der Waals surface area (Å²) in [6.45, 7) is 1.67. The van der Waals surface area contributed by atoms with Gasteiger partial charge in [-0.05, 0) is 36.8 Å². The van der Waals surface area contributed by atoms with Gasteiger partial charge in [0.05, 0.1) is 12.7 Å². The van der Waals surface area contributed by atoms with Crippen molar-refractivity contribution >= 4 is 11.8 Å². The summed E-state index contributed by atoms with van der Waals surface area (Å²) < 4.78 is 5.03. The van der Waals surface area contributed by atoms with Crippen LogP contribution >= 0.6 is 0 Å². The molecule has 0 spiro atoms. The van der Waals surface area contributed by atoms with Gasteiger partial charge in [-0.15, -0.1) is 0 Å². The summed E-state index contributed by atoms with van der Waals surface area (Å²) in [5, 5.41) is 9.25. The van der Waals surface area contributed by atoms with Gasteiger partial charge in [0.25, 0.3) is 0 Å². The highest BCUT2D eigenvalue weighted by atomic mass is 16.5. The van der Waals surface area contributed by atoms with Gasteiger partial charge in [0.1, 0.15) is 5.75 Å². The van der Waals surface area contributed by atoms with Crippen LogP contribution in [0, 0.1) is 6.92 Å². The molecule has 0 aromatic heterocycles. The molecule has 0 atom stereocenters. The number of ketones is 1. The van der Waals surface area contributed by atoms with Crippen LogP contribution in [-0.2, 0) is 0 Å². The van der Waals surface area contributed by atoms with Crippen LogP contribution in [0.1, 0.15) is 31.8 Å². The minimum absolute atomic E-state index is 0.0494. The molecule has 20 heavy (non-hydrogen) atoms. The zero-order valence-corrected chi connectivity index (χ0v) is 11.2. The highest BCUT2D eigenvalue weighted by Gasteiger charge is 2.19. The first kappa shape index (κ1) is 13.8. The van der Waals surface area contributed by atoms with E-state index in [0.29, 0.717) is 16.9 Å². The van der Waals surface area contributed by atoms with E-state index in [0.717, 1.165) is 0 Å². The summed E-state index contributed by atoms with van der Waals surface area (Å²) in [5.41, 5.74) is 1.24. The first-order valence-electron chi connectivity index (χ1n) is 6.06. The van der Waals surface area contributed by atoms with Crippen LogP contribution in [0.5, 0.6) is 5.75 Å². The lowest BCUT2D eigenvalue weighted by Crippen LogP contribution is -2.11. The number of hydrogen-bond acceptors (Lipinski definition) is 3. The van der Waals surface area contributed by atoms with E-state index in [1.54, 1.807) is 50.4 Å². The largest absolute Gasteiger partial charge is 0.497 e. The first-order chi connectivity index (χ1) is 9.54. The summed E-state index contributed by atoms with van der Waals surface area (Å²) in [6, 6.07) is 11.5. The average Bonchev–Trinajstić information content (AvgIpc) is 2.46. The second-order valence-corrected chi connectivity index (χ2v) is 4.36. The number of aryl methyl sites for hydroxylation is 1. The molecule has 0 aliphatic heterocycles. The number of rotatable bonds is 4. The standard InChI is InChI=1S/C16H14O4/c1-10-4-3-5-13(14(10)16(18)19)15(17)11-6-8-12(20-2)9-7-11/h3-9H,1-2H3,(H,18,19). The van der Waals surface area contributed by atoms with Crippen molar-refractivity contribution < 1.29 is 19.4 Å². The molecule has 4 nitrogen and oxygen atoms in total. The van der Waals surface area contributed by atoms with E-state index in [4.69, 9.17) is 4.74 Å². The summed E-state index contributed by atoms with van der Waals surface area (Å²) in [7, 11) is 1.54. The molecule has 0 aliphatic carbocycles. The number of carbonyl (C=O) groups excluding carboxylic acids is 1. The second-order valence-electron chi connectivity index (χ2n) is 4.36. The van der Waals surface area contributed by atoms with Crippen LogP contribution in [-0.4, -0.2) is 24.0 Å². The molecule has 0 saturated heterocycles. The fourth-order valence-electron chi connectivity index (χ4n) is 2.04. The number of benzene rings is 2. The Bertz CT molecular complexity index is 657. The Labute approximate surface area is 116 Å². The van der Waals surface area contributed by atoms with Crippen molar-refractivity contribution in [1.82, 2.24) is 0 Å². The maximum atomic E-state index is 12.4. The molecule has 0 aliphatic rings. The Morgan fingerprint density at radius 2 is 1.70 bits per heavy atom. The molecule has 0 bridgehead atoms. The van der Waals surface area contributed by atoms with Crippen molar-refractivity contribution in [3.8, 4) is 5.75 Å². The molecule has 102 valence electrons. The fourth-order valence-corrected chi connectivity index (χ4v) is 2.04. The number of carboxylic acid groups (broad SMARTS) is 1. The second kappa shape index (κ2) is 5.57. The van der Waals surface area contributed by atoms with E-state index in [1.807, 2.05) is 0 Å². The summed E-state index contributed by atoms with van der Waals surface area (Å²) in [6.07, 6.45) is 0. The van der Waals surface area contributed by atoms with Gasteiger partial charge in [-0.2, -0.15) is 0 Å². The van der Waals surface area contributed by atoms with Crippen LogP contribution in [0.15, 0.2) is 42.5 Å². The third-order valence-corrected chi connectivity index (χ3v) is 3.08. The number of aromatic carboxylic acids is 1. The monoisotopic (exact) mass is 270 g/mol. The van der Waals surface area contributed by atoms with E-state index < -0.39 is 5.97 Å². The molecular weight excluding hydrogens is 256 g/mol. The van der Waals surface area contributed by atoms with Crippen LogP contribution in [0.4, 0.5) is 0 Å². The van der Waals surface area contributed by atoms with Crippen LogP contribution in [0.2, 0.25) is 0 Å². The highest BCUT2D eigenvalue weighted by molar-refractivity contribution is 6.14. The Morgan fingerprint density at radius 3 is 2.25 bits per heavy atom. The Morgan fingerprint density at radius 1 is 1.05 bits per heavy atom. The van der Waals surface area contributed by atoms with Crippen molar-refractivity contribution in [2.75, 3.05) is 7.11 Å². The molecule has 2 aromatic carbocycles. The average molecular weight is 270 g/mol. The molecule has 0 fully saturated rings. The highest BCUT2D eigenvalue weighted by Crippen LogP contribution is 2.20. The van der Waals surface area contributed by atoms with Crippen LogP contribution in [0.25, 0.3) is 0 Å². The number of carbonyl (C=O) groups is 2. The number of carboxylic acids is 1. The SMILES string of the molecule is COc1ccc(C(=O)c2cccc(C)c2C(=O)O)cc1. The quantitative estimate of drug-likeness (QED) is 0.867. The molecule has 2 aromatic rings. The van der Waals surface area contributed by atoms with Crippen molar-refractivity contribution in [2.24, 2.45) is 0 Å². The Kier molecular flexibility index (Phi) is 3.84. The normalized spacial score (nSPS) is 10.1. The van der Waals surface area contributed by atoms with Crippen LogP contribution in [0.3, 0.4) is 0 Å². The zero-order valence-electron chi connectivity index (χ0n) is 11.2. The third kappa shape index (κ3) is 2.54. The number of ether oxygens (including phenoxy) is 1. The summed E-state index contributed by atoms with van der Waals surface area (Å²) in [4.78, 5) is 23.7. The lowest BCUT2D eigenvalue weighted by molar-refractivity contribution is 0.0692. The maximum Gasteiger partial charge on any atom is 0.336 e. The Hall–Kier alpha value is -2.62. The van der Waals surface area contributed by atoms with Crippen LogP contribution < -0.4 is 4.74 Å². The minimum Gasteiger partial charge on any atom is -0.497 e. The maximum absolute atomic E-state index is 12.4. The van der Waals surface area contributed by atoms with Gasteiger partial charge < -0.3 is 9.84 Å². The molecule has 0 amide bonds. The van der Waals surface area contributed by atoms with Crippen molar-refractivity contribution in [3.05, 3.63) is 64.7 Å². The molecule has 2 rings (SSSR count). The van der Waals surface area contributed by atoms with E-state index in [1.165, 1.54) is 6.07 Å². The minimum atomic E-state index is -1.10.